The summed E-state index contributed by atoms with van der Waals surface area (Å²) in [5.74, 6) is -1.25. The van der Waals surface area contributed by atoms with Crippen molar-refractivity contribution in [2.75, 3.05) is 6.54 Å². The quantitative estimate of drug-likeness (QED) is 0.765. The van der Waals surface area contributed by atoms with Crippen LogP contribution in [-0.2, 0) is 11.3 Å². The van der Waals surface area contributed by atoms with Crippen LogP contribution in [0.4, 0.5) is 8.78 Å². The Labute approximate surface area is 138 Å². The van der Waals surface area contributed by atoms with E-state index in [0.29, 0.717) is 6.54 Å². The number of hydrogen-bond donors (Lipinski definition) is 0. The van der Waals surface area contributed by atoms with Gasteiger partial charge in [-0.15, -0.1) is 5.06 Å². The summed E-state index contributed by atoms with van der Waals surface area (Å²) in [6.07, 6.45) is 2.97. The van der Waals surface area contributed by atoms with Gasteiger partial charge in [0.2, 0.25) is 0 Å². The summed E-state index contributed by atoms with van der Waals surface area (Å²) in [7, 11) is 0. The van der Waals surface area contributed by atoms with E-state index in [-0.39, 0.29) is 10.6 Å². The molecule has 1 heterocycles. The summed E-state index contributed by atoms with van der Waals surface area (Å²) in [5.41, 5.74) is 1.13. The molecule has 3 rings (SSSR count). The van der Waals surface area contributed by atoms with Crippen molar-refractivity contribution in [3.63, 3.8) is 0 Å². The maximum atomic E-state index is 14.0. The molecule has 5 heteroatoms. The number of hydroxylamine groups is 2. The number of nitrogens with zero attached hydrogens (tertiary/aromatic N) is 1. The van der Waals surface area contributed by atoms with E-state index < -0.39 is 17.7 Å². The van der Waals surface area contributed by atoms with Crippen LogP contribution in [0.3, 0.4) is 0 Å². The standard InChI is InChI=1S/C18H16ClF2NO/c19-14-12-23-22(11-5-8-13-6-2-1-3-7-13)18(14)17-15(20)9-4-10-16(17)21/h1-4,6-7,9-10,12,18H,5,8,11H2. The van der Waals surface area contributed by atoms with Crippen LogP contribution in [0.25, 0.3) is 0 Å². The molecule has 0 aliphatic carbocycles. The highest BCUT2D eigenvalue weighted by molar-refractivity contribution is 6.30. The first-order valence-electron chi connectivity index (χ1n) is 7.43. The zero-order valence-electron chi connectivity index (χ0n) is 12.4. The Balaban J connectivity index is 1.70. The lowest BCUT2D eigenvalue weighted by molar-refractivity contribution is -0.107. The van der Waals surface area contributed by atoms with Crippen molar-refractivity contribution < 1.29 is 13.6 Å². The Kier molecular flexibility index (Phi) is 4.94. The smallest absolute Gasteiger partial charge is 0.131 e. The van der Waals surface area contributed by atoms with Crippen molar-refractivity contribution in [1.82, 2.24) is 5.06 Å². The first-order chi connectivity index (χ1) is 11.2. The van der Waals surface area contributed by atoms with Crippen molar-refractivity contribution in [3.05, 3.63) is 82.6 Å². The van der Waals surface area contributed by atoms with Gasteiger partial charge in [-0.05, 0) is 30.5 Å². The van der Waals surface area contributed by atoms with E-state index in [2.05, 4.69) is 0 Å². The summed E-state index contributed by atoms with van der Waals surface area (Å²) < 4.78 is 28.1. The second-order valence-corrected chi connectivity index (χ2v) is 5.81. The highest BCUT2D eigenvalue weighted by atomic mass is 35.5. The average molecular weight is 336 g/mol. The van der Waals surface area contributed by atoms with Crippen LogP contribution in [0.2, 0.25) is 0 Å². The van der Waals surface area contributed by atoms with Gasteiger partial charge in [0.1, 0.15) is 23.9 Å². The molecule has 0 N–H and O–H groups in total. The van der Waals surface area contributed by atoms with Crippen molar-refractivity contribution in [1.29, 1.82) is 0 Å². The molecule has 0 radical (unpaired) electrons. The van der Waals surface area contributed by atoms with Gasteiger partial charge in [0, 0.05) is 12.1 Å². The van der Waals surface area contributed by atoms with Crippen molar-refractivity contribution in [2.24, 2.45) is 0 Å². The molecule has 2 nitrogen and oxygen atoms in total. The maximum Gasteiger partial charge on any atom is 0.131 e. The van der Waals surface area contributed by atoms with Crippen LogP contribution in [0, 0.1) is 11.6 Å². The highest BCUT2D eigenvalue weighted by Crippen LogP contribution is 2.38. The number of benzene rings is 2. The lowest BCUT2D eigenvalue weighted by atomic mass is 10.0. The van der Waals surface area contributed by atoms with Gasteiger partial charge in [-0.1, -0.05) is 48.0 Å². The third-order valence-corrected chi connectivity index (χ3v) is 4.11. The first kappa shape index (κ1) is 16.0. The molecule has 0 amide bonds. The van der Waals surface area contributed by atoms with Crippen LogP contribution in [0.15, 0.2) is 59.8 Å². The lowest BCUT2D eigenvalue weighted by Crippen LogP contribution is -2.26. The first-order valence-corrected chi connectivity index (χ1v) is 7.81. The molecule has 1 unspecified atom stereocenters. The molecule has 0 saturated carbocycles. The molecule has 0 aromatic heterocycles. The Morgan fingerprint density at radius 3 is 2.39 bits per heavy atom. The SMILES string of the molecule is Fc1cccc(F)c1C1C(Cl)=CON1CCCc1ccccc1. The van der Waals surface area contributed by atoms with Gasteiger partial charge in [0.05, 0.1) is 5.03 Å². The molecule has 1 atom stereocenters. The predicted molar refractivity (Wildman–Crippen MR) is 85.6 cm³/mol. The molecule has 0 saturated heterocycles. The van der Waals surface area contributed by atoms with E-state index >= 15 is 0 Å². The molecule has 1 aliphatic rings. The summed E-state index contributed by atoms with van der Waals surface area (Å²) in [5, 5.41) is 1.79. The van der Waals surface area contributed by atoms with Gasteiger partial charge in [0.25, 0.3) is 0 Å². The van der Waals surface area contributed by atoms with E-state index in [4.69, 9.17) is 16.4 Å². The lowest BCUT2D eigenvalue weighted by Gasteiger charge is -2.24. The van der Waals surface area contributed by atoms with Crippen molar-refractivity contribution in [3.8, 4) is 0 Å². The molecule has 1 aliphatic heterocycles. The van der Waals surface area contributed by atoms with Crippen LogP contribution in [0.5, 0.6) is 0 Å². The average Bonchev–Trinajstić information content (AvgIpc) is 2.90. The minimum absolute atomic E-state index is 0.0778. The highest BCUT2D eigenvalue weighted by Gasteiger charge is 2.34. The molecule has 0 bridgehead atoms. The second kappa shape index (κ2) is 7.11. The predicted octanol–water partition coefficient (Wildman–Crippen LogP) is 4.97. The fourth-order valence-corrected chi connectivity index (χ4v) is 2.96. The summed E-state index contributed by atoms with van der Waals surface area (Å²) in [4.78, 5) is 5.39. The Morgan fingerprint density at radius 1 is 1.00 bits per heavy atom. The van der Waals surface area contributed by atoms with Crippen molar-refractivity contribution >= 4 is 11.6 Å². The van der Waals surface area contributed by atoms with Crippen LogP contribution in [0.1, 0.15) is 23.6 Å². The molecule has 0 fully saturated rings. The minimum Gasteiger partial charge on any atom is -0.412 e. The van der Waals surface area contributed by atoms with Gasteiger partial charge in [0.15, 0.2) is 0 Å². The van der Waals surface area contributed by atoms with Gasteiger partial charge in [-0.3, -0.25) is 0 Å². The second-order valence-electron chi connectivity index (χ2n) is 5.38. The number of rotatable bonds is 5. The van der Waals surface area contributed by atoms with Gasteiger partial charge in [-0.25, -0.2) is 8.78 Å². The third kappa shape index (κ3) is 3.54. The molecule has 120 valence electrons. The number of halogens is 3. The molecule has 23 heavy (non-hydrogen) atoms. The largest absolute Gasteiger partial charge is 0.412 e. The van der Waals surface area contributed by atoms with Gasteiger partial charge >= 0.3 is 0 Å². The third-order valence-electron chi connectivity index (χ3n) is 3.81. The molecule has 2 aromatic carbocycles. The van der Waals surface area contributed by atoms with Gasteiger partial charge in [-0.2, -0.15) is 0 Å². The van der Waals surface area contributed by atoms with E-state index in [1.54, 1.807) is 0 Å². The Bertz CT molecular complexity index is 685. The normalized spacial score (nSPS) is 17.9. The monoisotopic (exact) mass is 335 g/mol. The van der Waals surface area contributed by atoms with Crippen LogP contribution >= 0.6 is 11.6 Å². The molecular formula is C18H16ClF2NO. The van der Waals surface area contributed by atoms with E-state index in [1.807, 2.05) is 30.3 Å². The summed E-state index contributed by atoms with van der Waals surface area (Å²) in [6.45, 7) is 0.514. The van der Waals surface area contributed by atoms with E-state index in [9.17, 15) is 8.78 Å². The summed E-state index contributed by atoms with van der Waals surface area (Å²) >= 11 is 6.11. The van der Waals surface area contributed by atoms with E-state index in [0.717, 1.165) is 12.8 Å². The fraction of sp³-hybridized carbons (Fsp3) is 0.222. The Morgan fingerprint density at radius 2 is 1.70 bits per heavy atom. The van der Waals surface area contributed by atoms with E-state index in [1.165, 1.54) is 35.1 Å². The number of hydrogen-bond acceptors (Lipinski definition) is 2. The zero-order chi connectivity index (χ0) is 16.2. The fourth-order valence-electron chi connectivity index (χ4n) is 2.70. The van der Waals surface area contributed by atoms with Crippen LogP contribution in [-0.4, -0.2) is 11.6 Å². The zero-order valence-corrected chi connectivity index (χ0v) is 13.1. The van der Waals surface area contributed by atoms with Crippen LogP contribution < -0.4 is 0 Å². The number of aryl methyl sites for hydroxylation is 1. The minimum atomic E-state index is -0.742. The Hall–Kier alpha value is -1.91. The molecule has 0 spiro atoms. The molecule has 2 aromatic rings. The van der Waals surface area contributed by atoms with Crippen molar-refractivity contribution in [2.45, 2.75) is 18.9 Å². The van der Waals surface area contributed by atoms with Gasteiger partial charge < -0.3 is 4.84 Å². The topological polar surface area (TPSA) is 12.5 Å². The summed E-state index contributed by atoms with van der Waals surface area (Å²) in [6, 6.07) is 13.1. The molecular weight excluding hydrogens is 320 g/mol. The maximum absolute atomic E-state index is 14.0.